The van der Waals surface area contributed by atoms with Gasteiger partial charge in [0.05, 0.1) is 9.80 Å². The normalized spacial score (nSPS) is 15.2. The van der Waals surface area contributed by atoms with Gasteiger partial charge in [-0.25, -0.2) is 0 Å². The Morgan fingerprint density at radius 2 is 2.31 bits per heavy atom. The van der Waals surface area contributed by atoms with Gasteiger partial charge in [0.2, 0.25) is 0 Å². The number of aromatic nitrogens is 3. The van der Waals surface area contributed by atoms with Crippen LogP contribution in [0.2, 0.25) is 0 Å². The summed E-state index contributed by atoms with van der Waals surface area (Å²) in [4.78, 5) is 11.0. The molecule has 0 aliphatic heterocycles. The van der Waals surface area contributed by atoms with E-state index in [1.54, 1.807) is 12.4 Å². The fraction of sp³-hybridized carbons (Fsp3) is 0.333. The summed E-state index contributed by atoms with van der Waals surface area (Å²) in [6, 6.07) is 3.71. The molecule has 6 nitrogen and oxygen atoms in total. The average Bonchev–Trinajstić information content (AvgIpc) is 2.83. The zero-order valence-corrected chi connectivity index (χ0v) is 9.05. The predicted molar refractivity (Wildman–Crippen MR) is 58.3 cm³/mol. The van der Waals surface area contributed by atoms with E-state index in [9.17, 15) is 10.1 Å². The van der Waals surface area contributed by atoms with Crippen LogP contribution in [0.1, 0.15) is 18.9 Å². The van der Waals surface area contributed by atoms with Crippen molar-refractivity contribution < 1.29 is 4.92 Å². The number of rotatable bonds is 3. The highest BCUT2D eigenvalue weighted by atomic mass is 32.1. The van der Waals surface area contributed by atoms with Gasteiger partial charge in [-0.2, -0.15) is 0 Å². The highest BCUT2D eigenvalue weighted by Gasteiger charge is 2.27. The van der Waals surface area contributed by atoms with Gasteiger partial charge in [-0.3, -0.25) is 10.1 Å². The van der Waals surface area contributed by atoms with Crippen molar-refractivity contribution in [3.63, 3.8) is 0 Å². The summed E-state index contributed by atoms with van der Waals surface area (Å²) >= 11 is 1.14. The number of hydrogen-bond donors (Lipinski definition) is 0. The summed E-state index contributed by atoms with van der Waals surface area (Å²) in [6.45, 7) is 0. The molecule has 1 fully saturated rings. The van der Waals surface area contributed by atoms with Crippen LogP contribution in [0.15, 0.2) is 18.5 Å². The molecular formula is C9H8N4O2S. The van der Waals surface area contributed by atoms with Crippen LogP contribution < -0.4 is 0 Å². The molecule has 1 aliphatic rings. The third-order valence-corrected chi connectivity index (χ3v) is 3.54. The smallest absolute Gasteiger partial charge is 0.310 e. The van der Waals surface area contributed by atoms with Crippen LogP contribution in [-0.4, -0.2) is 19.7 Å². The zero-order chi connectivity index (χ0) is 11.1. The largest absolute Gasteiger partial charge is 0.324 e. The van der Waals surface area contributed by atoms with Crippen molar-refractivity contribution >= 4 is 16.3 Å². The molecule has 0 unspecified atom stereocenters. The minimum Gasteiger partial charge on any atom is -0.310 e. The van der Waals surface area contributed by atoms with Crippen molar-refractivity contribution in [2.24, 2.45) is 0 Å². The fourth-order valence-corrected chi connectivity index (χ4v) is 2.39. The van der Waals surface area contributed by atoms with Crippen LogP contribution in [0.4, 0.5) is 5.00 Å². The molecule has 1 saturated carbocycles. The first-order valence-corrected chi connectivity index (χ1v) is 5.71. The lowest BCUT2D eigenvalue weighted by Crippen LogP contribution is -1.93. The Morgan fingerprint density at radius 1 is 1.50 bits per heavy atom. The van der Waals surface area contributed by atoms with Crippen LogP contribution in [0, 0.1) is 10.1 Å². The Labute approximate surface area is 94.7 Å². The van der Waals surface area contributed by atoms with E-state index in [1.165, 1.54) is 6.07 Å². The Bertz CT molecular complexity index is 543. The molecule has 2 aromatic rings. The molecule has 2 aromatic heterocycles. The molecule has 0 bridgehead atoms. The van der Waals surface area contributed by atoms with E-state index in [-0.39, 0.29) is 9.92 Å². The number of nitrogens with zero attached hydrogens (tertiary/aromatic N) is 4. The Morgan fingerprint density at radius 3 is 2.94 bits per heavy atom. The van der Waals surface area contributed by atoms with Gasteiger partial charge in [0.25, 0.3) is 0 Å². The van der Waals surface area contributed by atoms with Crippen LogP contribution in [0.25, 0.3) is 10.7 Å². The summed E-state index contributed by atoms with van der Waals surface area (Å²) in [6.07, 6.45) is 3.97. The van der Waals surface area contributed by atoms with Gasteiger partial charge < -0.3 is 4.57 Å². The second-order valence-electron chi connectivity index (χ2n) is 3.69. The summed E-state index contributed by atoms with van der Waals surface area (Å²) in [5, 5.41) is 18.6. The van der Waals surface area contributed by atoms with Crippen molar-refractivity contribution in [3.05, 3.63) is 28.6 Å². The van der Waals surface area contributed by atoms with Gasteiger partial charge >= 0.3 is 5.00 Å². The van der Waals surface area contributed by atoms with E-state index in [0.717, 1.165) is 34.9 Å². The van der Waals surface area contributed by atoms with Crippen molar-refractivity contribution in [1.82, 2.24) is 14.8 Å². The SMILES string of the molecule is O=[N+]([O-])c1ccc(-c2nncn2C2CC2)s1. The van der Waals surface area contributed by atoms with Crippen molar-refractivity contribution in [2.75, 3.05) is 0 Å². The van der Waals surface area contributed by atoms with Gasteiger partial charge in [-0.1, -0.05) is 11.3 Å². The van der Waals surface area contributed by atoms with Gasteiger partial charge in [0.1, 0.15) is 6.33 Å². The van der Waals surface area contributed by atoms with E-state index in [1.807, 2.05) is 4.57 Å². The molecule has 0 amide bonds. The van der Waals surface area contributed by atoms with Crippen LogP contribution in [0.5, 0.6) is 0 Å². The summed E-state index contributed by atoms with van der Waals surface area (Å²) < 4.78 is 2.00. The Hall–Kier alpha value is -1.76. The van der Waals surface area contributed by atoms with E-state index < -0.39 is 0 Å². The van der Waals surface area contributed by atoms with Crippen molar-refractivity contribution in [3.8, 4) is 10.7 Å². The first kappa shape index (κ1) is 9.46. The van der Waals surface area contributed by atoms with E-state index in [2.05, 4.69) is 10.2 Å². The third-order valence-electron chi connectivity index (χ3n) is 2.51. The maximum Gasteiger partial charge on any atom is 0.324 e. The fourth-order valence-electron chi connectivity index (χ4n) is 1.58. The quantitative estimate of drug-likeness (QED) is 0.605. The van der Waals surface area contributed by atoms with E-state index in [4.69, 9.17) is 0 Å². The van der Waals surface area contributed by atoms with E-state index >= 15 is 0 Å². The first-order valence-electron chi connectivity index (χ1n) is 4.90. The monoisotopic (exact) mass is 236 g/mol. The molecule has 0 radical (unpaired) electrons. The first-order chi connectivity index (χ1) is 7.75. The molecule has 16 heavy (non-hydrogen) atoms. The van der Waals surface area contributed by atoms with Gasteiger partial charge in [0.15, 0.2) is 5.82 Å². The highest BCUT2D eigenvalue weighted by molar-refractivity contribution is 7.18. The maximum atomic E-state index is 10.6. The van der Waals surface area contributed by atoms with Crippen molar-refractivity contribution in [1.29, 1.82) is 0 Å². The highest BCUT2D eigenvalue weighted by Crippen LogP contribution is 2.39. The second-order valence-corrected chi connectivity index (χ2v) is 4.75. The lowest BCUT2D eigenvalue weighted by molar-refractivity contribution is -0.380. The molecule has 82 valence electrons. The van der Waals surface area contributed by atoms with Crippen LogP contribution in [-0.2, 0) is 0 Å². The predicted octanol–water partition coefficient (Wildman–Crippen LogP) is 2.25. The minimum atomic E-state index is -0.383. The van der Waals surface area contributed by atoms with Crippen molar-refractivity contribution in [2.45, 2.75) is 18.9 Å². The average molecular weight is 236 g/mol. The summed E-state index contributed by atoms with van der Waals surface area (Å²) in [5.74, 6) is 0.737. The third kappa shape index (κ3) is 1.49. The second kappa shape index (κ2) is 3.38. The van der Waals surface area contributed by atoms with Gasteiger partial charge in [-0.05, 0) is 18.9 Å². The molecule has 0 N–H and O–H groups in total. The standard InChI is InChI=1S/C9H8N4O2S/c14-13(15)8-4-3-7(16-8)9-11-10-5-12(9)6-1-2-6/h3-6H,1-2H2. The molecule has 0 aromatic carbocycles. The van der Waals surface area contributed by atoms with Gasteiger partial charge in [-0.15, -0.1) is 10.2 Å². The maximum absolute atomic E-state index is 10.6. The lowest BCUT2D eigenvalue weighted by atomic mass is 10.4. The lowest BCUT2D eigenvalue weighted by Gasteiger charge is -2.00. The molecule has 3 rings (SSSR count). The molecule has 2 heterocycles. The Balaban J connectivity index is 2.00. The van der Waals surface area contributed by atoms with Crippen LogP contribution >= 0.6 is 11.3 Å². The number of thiophene rings is 1. The number of nitro groups is 1. The van der Waals surface area contributed by atoms with Crippen LogP contribution in [0.3, 0.4) is 0 Å². The topological polar surface area (TPSA) is 73.8 Å². The molecule has 7 heteroatoms. The Kier molecular flexibility index (Phi) is 2.00. The number of hydrogen-bond acceptors (Lipinski definition) is 5. The molecule has 1 aliphatic carbocycles. The molecule has 0 atom stereocenters. The van der Waals surface area contributed by atoms with E-state index in [0.29, 0.717) is 6.04 Å². The zero-order valence-electron chi connectivity index (χ0n) is 8.24. The minimum absolute atomic E-state index is 0.139. The van der Waals surface area contributed by atoms with Gasteiger partial charge in [0, 0.05) is 12.1 Å². The molecular weight excluding hydrogens is 228 g/mol. The molecule has 0 saturated heterocycles. The molecule has 0 spiro atoms. The summed E-state index contributed by atoms with van der Waals surface area (Å²) in [7, 11) is 0. The summed E-state index contributed by atoms with van der Waals surface area (Å²) in [5.41, 5.74) is 0.